The normalized spacial score (nSPS) is 13.4. The van der Waals surface area contributed by atoms with Crippen LogP contribution >= 0.6 is 0 Å². The summed E-state index contributed by atoms with van der Waals surface area (Å²) in [6, 6.07) is 7.24. The van der Waals surface area contributed by atoms with Crippen molar-refractivity contribution in [1.29, 1.82) is 0 Å². The van der Waals surface area contributed by atoms with Crippen LogP contribution in [0.4, 0.5) is 5.69 Å². The van der Waals surface area contributed by atoms with Crippen LogP contribution in [0.3, 0.4) is 0 Å². The minimum atomic E-state index is -0.157. The van der Waals surface area contributed by atoms with Crippen LogP contribution in [0, 0.1) is 5.41 Å². The fourth-order valence-corrected chi connectivity index (χ4v) is 1.85. The zero-order valence-corrected chi connectivity index (χ0v) is 12.4. The first-order valence-corrected chi connectivity index (χ1v) is 6.78. The highest BCUT2D eigenvalue weighted by molar-refractivity contribution is 5.92. The van der Waals surface area contributed by atoms with Gasteiger partial charge in [0.05, 0.1) is 0 Å². The molecule has 0 spiro atoms. The number of aliphatic hydroxyl groups excluding tert-OH is 1. The van der Waals surface area contributed by atoms with E-state index in [-0.39, 0.29) is 24.0 Å². The summed E-state index contributed by atoms with van der Waals surface area (Å²) in [7, 11) is 0. The Balaban J connectivity index is 2.63. The number of rotatable bonds is 5. The monoisotopic (exact) mass is 276 g/mol. The zero-order valence-electron chi connectivity index (χ0n) is 12.4. The Morgan fingerprint density at radius 1 is 1.35 bits per heavy atom. The van der Waals surface area contributed by atoms with Crippen LogP contribution in [0.25, 0.3) is 6.08 Å². The topological polar surface area (TPSA) is 75.3 Å². The van der Waals surface area contributed by atoms with Crippen molar-refractivity contribution in [1.82, 2.24) is 5.32 Å². The first-order valence-electron chi connectivity index (χ1n) is 6.78. The molecule has 110 valence electrons. The molecule has 0 heterocycles. The van der Waals surface area contributed by atoms with E-state index in [2.05, 4.69) is 5.32 Å². The predicted octanol–water partition coefficient (Wildman–Crippen LogP) is 2.20. The summed E-state index contributed by atoms with van der Waals surface area (Å²) in [6.07, 6.45) is 3.79. The van der Waals surface area contributed by atoms with E-state index in [1.54, 1.807) is 18.2 Å². The van der Waals surface area contributed by atoms with E-state index in [9.17, 15) is 4.79 Å². The molecule has 0 aliphatic heterocycles. The van der Waals surface area contributed by atoms with Crippen LogP contribution in [-0.4, -0.2) is 23.7 Å². The number of carbonyl (C=O) groups excluding carboxylic acids is 1. The minimum absolute atomic E-state index is 0.0592. The molecule has 4 heteroatoms. The lowest BCUT2D eigenvalue weighted by Gasteiger charge is -2.30. The van der Waals surface area contributed by atoms with Crippen molar-refractivity contribution in [3.05, 3.63) is 35.9 Å². The Hall–Kier alpha value is -1.81. The van der Waals surface area contributed by atoms with Crippen LogP contribution < -0.4 is 11.1 Å². The number of carbonyl (C=O) groups is 1. The summed E-state index contributed by atoms with van der Waals surface area (Å²) >= 11 is 0. The van der Waals surface area contributed by atoms with Gasteiger partial charge < -0.3 is 16.2 Å². The Bertz CT molecular complexity index is 458. The Kier molecular flexibility index (Phi) is 5.77. The molecule has 0 saturated carbocycles. The molecule has 4 nitrogen and oxygen atoms in total. The second kappa shape index (κ2) is 7.10. The highest BCUT2D eigenvalue weighted by Gasteiger charge is 2.24. The van der Waals surface area contributed by atoms with E-state index in [1.807, 2.05) is 32.9 Å². The summed E-state index contributed by atoms with van der Waals surface area (Å²) in [6.45, 7) is 6.18. The molecule has 0 saturated heterocycles. The van der Waals surface area contributed by atoms with Crippen molar-refractivity contribution in [3.8, 4) is 0 Å². The van der Waals surface area contributed by atoms with Gasteiger partial charge in [-0.25, -0.2) is 0 Å². The van der Waals surface area contributed by atoms with Crippen molar-refractivity contribution in [2.45, 2.75) is 33.2 Å². The summed E-state index contributed by atoms with van der Waals surface area (Å²) in [5.74, 6) is -0.157. The van der Waals surface area contributed by atoms with Gasteiger partial charge in [0.15, 0.2) is 0 Å². The van der Waals surface area contributed by atoms with Crippen molar-refractivity contribution in [2.75, 3.05) is 12.3 Å². The number of benzene rings is 1. The Morgan fingerprint density at radius 2 is 1.95 bits per heavy atom. The third kappa shape index (κ3) is 5.45. The van der Waals surface area contributed by atoms with Crippen LogP contribution in [-0.2, 0) is 4.79 Å². The first-order chi connectivity index (χ1) is 9.32. The first kappa shape index (κ1) is 16.2. The molecule has 1 unspecified atom stereocenters. The third-order valence-electron chi connectivity index (χ3n) is 3.14. The molecular weight excluding hydrogens is 252 g/mol. The van der Waals surface area contributed by atoms with E-state index in [0.29, 0.717) is 12.1 Å². The van der Waals surface area contributed by atoms with Crippen molar-refractivity contribution < 1.29 is 9.90 Å². The molecule has 20 heavy (non-hydrogen) atoms. The second-order valence-electron chi connectivity index (χ2n) is 5.94. The van der Waals surface area contributed by atoms with Gasteiger partial charge in [-0.2, -0.15) is 0 Å². The quantitative estimate of drug-likeness (QED) is 0.570. The van der Waals surface area contributed by atoms with Crippen molar-refractivity contribution >= 4 is 17.7 Å². The molecule has 0 fully saturated rings. The Labute approximate surface area is 120 Å². The predicted molar refractivity (Wildman–Crippen MR) is 83.0 cm³/mol. The maximum absolute atomic E-state index is 11.9. The molecule has 0 bridgehead atoms. The molecule has 1 atom stereocenters. The lowest BCUT2D eigenvalue weighted by molar-refractivity contribution is -0.118. The molecule has 0 aliphatic rings. The Morgan fingerprint density at radius 3 is 2.45 bits per heavy atom. The maximum Gasteiger partial charge on any atom is 0.244 e. The van der Waals surface area contributed by atoms with Gasteiger partial charge in [0.1, 0.15) is 0 Å². The minimum Gasteiger partial charge on any atom is -0.399 e. The van der Waals surface area contributed by atoms with E-state index in [4.69, 9.17) is 10.8 Å². The van der Waals surface area contributed by atoms with Gasteiger partial charge in [-0.1, -0.05) is 32.9 Å². The van der Waals surface area contributed by atoms with Crippen molar-refractivity contribution in [3.63, 3.8) is 0 Å². The SMILES string of the molecule is CC(C)(C)C(CCO)NC(=O)/C=C/c1ccc(N)cc1. The molecule has 1 aromatic rings. The molecule has 0 radical (unpaired) electrons. The maximum atomic E-state index is 11.9. The highest BCUT2D eigenvalue weighted by Crippen LogP contribution is 2.21. The zero-order chi connectivity index (χ0) is 15.2. The fourth-order valence-electron chi connectivity index (χ4n) is 1.85. The van der Waals surface area contributed by atoms with Gasteiger partial charge in [0.25, 0.3) is 0 Å². The number of nitrogens with two attached hydrogens (primary N) is 1. The van der Waals surface area contributed by atoms with Crippen LogP contribution in [0.1, 0.15) is 32.8 Å². The average Bonchev–Trinajstić information content (AvgIpc) is 2.36. The summed E-state index contributed by atoms with van der Waals surface area (Å²) in [4.78, 5) is 11.9. The molecular formula is C16H24N2O2. The fraction of sp³-hybridized carbons (Fsp3) is 0.438. The lowest BCUT2D eigenvalue weighted by Crippen LogP contribution is -2.43. The van der Waals surface area contributed by atoms with Gasteiger partial charge in [-0.15, -0.1) is 0 Å². The lowest BCUT2D eigenvalue weighted by atomic mass is 9.85. The number of amides is 1. The molecule has 4 N–H and O–H groups in total. The van der Waals surface area contributed by atoms with Gasteiger partial charge in [0.2, 0.25) is 5.91 Å². The van der Waals surface area contributed by atoms with Crippen LogP contribution in [0.5, 0.6) is 0 Å². The van der Waals surface area contributed by atoms with Crippen LogP contribution in [0.2, 0.25) is 0 Å². The standard InChI is InChI=1S/C16H24N2O2/c1-16(2,3)14(10-11-19)18-15(20)9-6-12-4-7-13(17)8-5-12/h4-9,14,19H,10-11,17H2,1-3H3,(H,18,20)/b9-6+. The second-order valence-corrected chi connectivity index (χ2v) is 5.94. The van der Waals surface area contributed by atoms with Gasteiger partial charge >= 0.3 is 0 Å². The van der Waals surface area contributed by atoms with E-state index < -0.39 is 0 Å². The number of hydrogen-bond acceptors (Lipinski definition) is 3. The molecule has 1 aromatic carbocycles. The average molecular weight is 276 g/mol. The number of hydrogen-bond donors (Lipinski definition) is 3. The summed E-state index contributed by atoms with van der Waals surface area (Å²) < 4.78 is 0. The summed E-state index contributed by atoms with van der Waals surface area (Å²) in [5, 5.41) is 12.0. The molecule has 0 aromatic heterocycles. The highest BCUT2D eigenvalue weighted by atomic mass is 16.3. The van der Waals surface area contributed by atoms with Gasteiger partial charge in [-0.3, -0.25) is 4.79 Å². The van der Waals surface area contributed by atoms with E-state index in [1.165, 1.54) is 6.08 Å². The number of nitrogen functional groups attached to an aromatic ring is 1. The van der Waals surface area contributed by atoms with E-state index in [0.717, 1.165) is 5.56 Å². The van der Waals surface area contributed by atoms with Gasteiger partial charge in [0, 0.05) is 24.4 Å². The molecule has 0 aliphatic carbocycles. The largest absolute Gasteiger partial charge is 0.399 e. The van der Waals surface area contributed by atoms with Crippen molar-refractivity contribution in [2.24, 2.45) is 5.41 Å². The number of anilines is 1. The molecule has 1 amide bonds. The van der Waals surface area contributed by atoms with Crippen LogP contribution in [0.15, 0.2) is 30.3 Å². The van der Waals surface area contributed by atoms with Gasteiger partial charge in [-0.05, 0) is 35.6 Å². The smallest absolute Gasteiger partial charge is 0.244 e. The number of aliphatic hydroxyl groups is 1. The third-order valence-corrected chi connectivity index (χ3v) is 3.14. The summed E-state index contributed by atoms with van der Waals surface area (Å²) in [5.41, 5.74) is 7.13. The number of nitrogens with one attached hydrogen (secondary N) is 1. The molecule has 1 rings (SSSR count). The van der Waals surface area contributed by atoms with E-state index >= 15 is 0 Å².